The quantitative estimate of drug-likeness (QED) is 0.362. The number of aryl methyl sites for hydroxylation is 1. The van der Waals surface area contributed by atoms with Crippen molar-refractivity contribution >= 4 is 34.1 Å². The van der Waals surface area contributed by atoms with E-state index in [4.69, 9.17) is 4.98 Å². The van der Waals surface area contributed by atoms with Gasteiger partial charge in [0.1, 0.15) is 5.82 Å². The molecule has 1 aliphatic carbocycles. The SMILES string of the molecule is Cc1cccc(C(C)(C)C)c1NC(=O)NC[C@H]1CC[C@@H](Nc2cc(N(C)C)c3ccccc3n2)CC1. The Morgan fingerprint density at radius 3 is 2.44 bits per heavy atom. The molecule has 4 rings (SSSR count). The number of urea groups is 1. The van der Waals surface area contributed by atoms with Gasteiger partial charge < -0.3 is 20.9 Å². The molecule has 0 radical (unpaired) electrons. The van der Waals surface area contributed by atoms with E-state index in [1.165, 1.54) is 11.1 Å². The van der Waals surface area contributed by atoms with Crippen LogP contribution in [0.4, 0.5) is 22.0 Å². The van der Waals surface area contributed by atoms with Crippen molar-refractivity contribution in [3.8, 4) is 0 Å². The molecule has 2 amide bonds. The number of nitrogens with one attached hydrogen (secondary N) is 3. The molecule has 1 saturated carbocycles. The van der Waals surface area contributed by atoms with Crippen LogP contribution >= 0.6 is 0 Å². The van der Waals surface area contributed by atoms with Gasteiger partial charge in [-0.2, -0.15) is 0 Å². The molecule has 2 aromatic carbocycles. The normalized spacial score (nSPS) is 18.1. The predicted octanol–water partition coefficient (Wildman–Crippen LogP) is 6.70. The number of para-hydroxylation sites is 2. The maximum Gasteiger partial charge on any atom is 0.319 e. The van der Waals surface area contributed by atoms with Crippen molar-refractivity contribution in [2.24, 2.45) is 5.92 Å². The number of pyridine rings is 1. The number of carbonyl (C=O) groups is 1. The lowest BCUT2D eigenvalue weighted by Crippen LogP contribution is -2.36. The summed E-state index contributed by atoms with van der Waals surface area (Å²) in [6.45, 7) is 9.27. The maximum absolute atomic E-state index is 12.7. The second kappa shape index (κ2) is 10.8. The smallest absolute Gasteiger partial charge is 0.319 e. The zero-order valence-electron chi connectivity index (χ0n) is 22.6. The fourth-order valence-corrected chi connectivity index (χ4v) is 5.17. The minimum Gasteiger partial charge on any atom is -0.377 e. The largest absolute Gasteiger partial charge is 0.377 e. The molecule has 1 heterocycles. The number of rotatable bonds is 6. The van der Waals surface area contributed by atoms with E-state index in [0.29, 0.717) is 18.5 Å². The van der Waals surface area contributed by atoms with Crippen molar-refractivity contribution in [3.63, 3.8) is 0 Å². The van der Waals surface area contributed by atoms with Gasteiger partial charge in [-0.05, 0) is 61.1 Å². The molecule has 36 heavy (non-hydrogen) atoms. The highest BCUT2D eigenvalue weighted by Crippen LogP contribution is 2.32. The number of carbonyl (C=O) groups excluding carboxylic acids is 1. The molecule has 6 heteroatoms. The average molecular weight is 488 g/mol. The molecule has 1 fully saturated rings. The number of fused-ring (bicyclic) bond motifs is 1. The van der Waals surface area contributed by atoms with Crippen LogP contribution in [0.3, 0.4) is 0 Å². The van der Waals surface area contributed by atoms with Crippen LogP contribution in [0.1, 0.15) is 57.6 Å². The Bertz CT molecular complexity index is 1210. The summed E-state index contributed by atoms with van der Waals surface area (Å²) in [7, 11) is 4.14. The van der Waals surface area contributed by atoms with Gasteiger partial charge in [0.15, 0.2) is 0 Å². The monoisotopic (exact) mass is 487 g/mol. The van der Waals surface area contributed by atoms with E-state index in [9.17, 15) is 4.79 Å². The third kappa shape index (κ3) is 6.10. The molecule has 0 bridgehead atoms. The molecule has 1 aliphatic rings. The summed E-state index contributed by atoms with van der Waals surface area (Å²) in [5, 5.41) is 11.1. The second-order valence-electron chi connectivity index (χ2n) is 11.4. The molecule has 0 unspecified atom stereocenters. The summed E-state index contributed by atoms with van der Waals surface area (Å²) in [5.74, 6) is 1.43. The lowest BCUT2D eigenvalue weighted by Gasteiger charge is -2.30. The second-order valence-corrected chi connectivity index (χ2v) is 11.4. The van der Waals surface area contributed by atoms with Gasteiger partial charge in [-0.25, -0.2) is 9.78 Å². The van der Waals surface area contributed by atoms with Crippen molar-refractivity contribution in [2.75, 3.05) is 36.2 Å². The van der Waals surface area contributed by atoms with E-state index < -0.39 is 0 Å². The summed E-state index contributed by atoms with van der Waals surface area (Å²) in [5.41, 5.74) is 5.32. The molecule has 0 atom stereocenters. The van der Waals surface area contributed by atoms with E-state index >= 15 is 0 Å². The molecule has 0 saturated heterocycles. The molecule has 3 N–H and O–H groups in total. The van der Waals surface area contributed by atoms with Crippen molar-refractivity contribution in [1.29, 1.82) is 0 Å². The van der Waals surface area contributed by atoms with E-state index in [2.05, 4.69) is 92.1 Å². The standard InChI is InChI=1S/C30H41N5O/c1-20-10-9-12-24(30(2,3)4)28(20)34-29(36)31-19-21-14-16-22(17-15-21)32-27-18-26(35(5)6)23-11-7-8-13-25(23)33-27/h7-13,18,21-22H,14-17,19H2,1-6H3,(H,32,33)(H2,31,34,36)/t21-,22+. The van der Waals surface area contributed by atoms with E-state index in [1.54, 1.807) is 0 Å². The van der Waals surface area contributed by atoms with E-state index in [1.807, 2.05) is 19.1 Å². The Labute approximate surface area is 215 Å². The van der Waals surface area contributed by atoms with Crippen LogP contribution in [0, 0.1) is 12.8 Å². The maximum atomic E-state index is 12.7. The minimum atomic E-state index is -0.119. The Morgan fingerprint density at radius 1 is 1.03 bits per heavy atom. The van der Waals surface area contributed by atoms with Gasteiger partial charge in [0.2, 0.25) is 0 Å². The predicted molar refractivity (Wildman–Crippen MR) is 152 cm³/mol. The molecular formula is C30H41N5O. The lowest BCUT2D eigenvalue weighted by molar-refractivity contribution is 0.246. The van der Waals surface area contributed by atoms with Crippen molar-refractivity contribution in [1.82, 2.24) is 10.3 Å². The van der Waals surface area contributed by atoms with Gasteiger partial charge in [0, 0.05) is 49.5 Å². The summed E-state index contributed by atoms with van der Waals surface area (Å²) in [6, 6.07) is 16.9. The molecule has 0 spiro atoms. The highest BCUT2D eigenvalue weighted by molar-refractivity contribution is 5.93. The van der Waals surface area contributed by atoms with Gasteiger partial charge in [0.25, 0.3) is 0 Å². The van der Waals surface area contributed by atoms with Crippen LogP contribution in [0.5, 0.6) is 0 Å². The number of anilines is 3. The first kappa shape index (κ1) is 25.8. The fourth-order valence-electron chi connectivity index (χ4n) is 5.17. The number of hydrogen-bond donors (Lipinski definition) is 3. The Kier molecular flexibility index (Phi) is 7.72. The zero-order chi connectivity index (χ0) is 25.9. The third-order valence-corrected chi connectivity index (χ3v) is 7.25. The first-order valence-corrected chi connectivity index (χ1v) is 13.1. The van der Waals surface area contributed by atoms with Crippen LogP contribution in [-0.4, -0.2) is 37.7 Å². The fraction of sp³-hybridized carbons (Fsp3) is 0.467. The zero-order valence-corrected chi connectivity index (χ0v) is 22.6. The van der Waals surface area contributed by atoms with Crippen molar-refractivity contribution in [2.45, 2.75) is 64.8 Å². The highest BCUT2D eigenvalue weighted by atomic mass is 16.2. The molecule has 3 aromatic rings. The van der Waals surface area contributed by atoms with Gasteiger partial charge in [0.05, 0.1) is 5.52 Å². The Morgan fingerprint density at radius 2 is 1.75 bits per heavy atom. The molecule has 1 aromatic heterocycles. The number of amides is 2. The number of benzene rings is 2. The van der Waals surface area contributed by atoms with Crippen LogP contribution in [0.2, 0.25) is 0 Å². The average Bonchev–Trinajstić information content (AvgIpc) is 2.83. The topological polar surface area (TPSA) is 69.3 Å². The van der Waals surface area contributed by atoms with Gasteiger partial charge in [-0.15, -0.1) is 0 Å². The summed E-state index contributed by atoms with van der Waals surface area (Å²) >= 11 is 0. The lowest BCUT2D eigenvalue weighted by atomic mass is 9.84. The number of aromatic nitrogens is 1. The van der Waals surface area contributed by atoms with Crippen molar-refractivity contribution < 1.29 is 4.79 Å². The summed E-state index contributed by atoms with van der Waals surface area (Å²) in [4.78, 5) is 19.7. The van der Waals surface area contributed by atoms with Crippen molar-refractivity contribution in [3.05, 3.63) is 59.7 Å². The molecule has 6 nitrogen and oxygen atoms in total. The van der Waals surface area contributed by atoms with Gasteiger partial charge in [-0.3, -0.25) is 0 Å². The first-order valence-electron chi connectivity index (χ1n) is 13.1. The number of nitrogens with zero attached hydrogens (tertiary/aromatic N) is 2. The van der Waals surface area contributed by atoms with E-state index in [-0.39, 0.29) is 11.4 Å². The van der Waals surface area contributed by atoms with E-state index in [0.717, 1.165) is 53.8 Å². The molecule has 0 aliphatic heterocycles. The third-order valence-electron chi connectivity index (χ3n) is 7.25. The van der Waals surface area contributed by atoms with Gasteiger partial charge >= 0.3 is 6.03 Å². The molecule has 192 valence electrons. The van der Waals surface area contributed by atoms with Crippen LogP contribution in [0.25, 0.3) is 10.9 Å². The molecular weight excluding hydrogens is 446 g/mol. The van der Waals surface area contributed by atoms with Crippen LogP contribution in [0.15, 0.2) is 48.5 Å². The van der Waals surface area contributed by atoms with Gasteiger partial charge in [-0.1, -0.05) is 57.2 Å². The van der Waals surface area contributed by atoms with Crippen LogP contribution in [-0.2, 0) is 5.41 Å². The first-order chi connectivity index (χ1) is 17.1. The summed E-state index contributed by atoms with van der Waals surface area (Å²) in [6.07, 6.45) is 4.32. The highest BCUT2D eigenvalue weighted by Gasteiger charge is 2.23. The Hall–Kier alpha value is -3.28. The Balaban J connectivity index is 1.30. The summed E-state index contributed by atoms with van der Waals surface area (Å²) < 4.78 is 0. The number of hydrogen-bond acceptors (Lipinski definition) is 4. The van der Waals surface area contributed by atoms with Crippen LogP contribution < -0.4 is 20.9 Å². The minimum absolute atomic E-state index is 0.0345.